The maximum Gasteiger partial charge on any atom is 0.237 e. The zero-order valence-corrected chi connectivity index (χ0v) is 11.1. The number of amides is 2. The summed E-state index contributed by atoms with van der Waals surface area (Å²) in [6, 6.07) is 0.221. The van der Waals surface area contributed by atoms with Crippen molar-refractivity contribution in [2.75, 3.05) is 19.0 Å². The Labute approximate surface area is 108 Å². The van der Waals surface area contributed by atoms with E-state index in [1.54, 1.807) is 4.90 Å². The van der Waals surface area contributed by atoms with Gasteiger partial charge in [0.2, 0.25) is 11.8 Å². The van der Waals surface area contributed by atoms with Crippen molar-refractivity contribution in [3.05, 3.63) is 0 Å². The zero-order valence-electron chi connectivity index (χ0n) is 10.4. The Morgan fingerprint density at radius 3 is 2.53 bits per heavy atom. The Bertz CT molecular complexity index is 263. The second kappa shape index (κ2) is 7.54. The standard InChI is InChI=1S/C12H21ClN2O2/c1-2-3-4-11(16)14-10-5-7-15(8-6-10)12(17)9-13/h10H,2-9H2,1H3,(H,14,16). The quantitative estimate of drug-likeness (QED) is 0.762. The van der Waals surface area contributed by atoms with E-state index in [1.807, 2.05) is 0 Å². The van der Waals surface area contributed by atoms with Crippen LogP contribution in [0.1, 0.15) is 39.0 Å². The van der Waals surface area contributed by atoms with Gasteiger partial charge >= 0.3 is 0 Å². The number of alkyl halides is 1. The van der Waals surface area contributed by atoms with E-state index < -0.39 is 0 Å². The first-order valence-electron chi connectivity index (χ1n) is 6.30. The molecule has 1 aliphatic heterocycles. The molecule has 5 heteroatoms. The first-order chi connectivity index (χ1) is 8.17. The van der Waals surface area contributed by atoms with Gasteiger partial charge < -0.3 is 10.2 Å². The number of unbranched alkanes of at least 4 members (excludes halogenated alkanes) is 1. The molecule has 0 unspecified atom stereocenters. The predicted octanol–water partition coefficient (Wildman–Crippen LogP) is 1.52. The summed E-state index contributed by atoms with van der Waals surface area (Å²) in [6.45, 7) is 3.47. The van der Waals surface area contributed by atoms with E-state index >= 15 is 0 Å². The molecule has 0 atom stereocenters. The van der Waals surface area contributed by atoms with Crippen LogP contribution in [-0.2, 0) is 9.59 Å². The molecule has 1 rings (SSSR count). The molecule has 98 valence electrons. The lowest BCUT2D eigenvalue weighted by molar-refractivity contribution is -0.129. The molecule has 0 spiro atoms. The van der Waals surface area contributed by atoms with Gasteiger partial charge in [-0.1, -0.05) is 13.3 Å². The van der Waals surface area contributed by atoms with Crippen molar-refractivity contribution in [2.24, 2.45) is 0 Å². The molecule has 2 amide bonds. The second-order valence-electron chi connectivity index (χ2n) is 4.46. The van der Waals surface area contributed by atoms with Crippen LogP contribution in [0.3, 0.4) is 0 Å². The molecule has 1 N–H and O–H groups in total. The smallest absolute Gasteiger partial charge is 0.237 e. The molecule has 0 aromatic rings. The van der Waals surface area contributed by atoms with Crippen molar-refractivity contribution in [3.8, 4) is 0 Å². The van der Waals surface area contributed by atoms with Crippen molar-refractivity contribution in [1.82, 2.24) is 10.2 Å². The third kappa shape index (κ3) is 4.94. The van der Waals surface area contributed by atoms with E-state index in [2.05, 4.69) is 12.2 Å². The Morgan fingerprint density at radius 1 is 1.35 bits per heavy atom. The number of likely N-dealkylation sites (tertiary alicyclic amines) is 1. The van der Waals surface area contributed by atoms with Crippen LogP contribution in [-0.4, -0.2) is 41.7 Å². The van der Waals surface area contributed by atoms with E-state index in [1.165, 1.54) is 0 Å². The lowest BCUT2D eigenvalue weighted by atomic mass is 10.0. The van der Waals surface area contributed by atoms with Crippen molar-refractivity contribution in [3.63, 3.8) is 0 Å². The zero-order chi connectivity index (χ0) is 12.7. The van der Waals surface area contributed by atoms with Crippen LogP contribution < -0.4 is 5.32 Å². The van der Waals surface area contributed by atoms with Gasteiger partial charge in [-0.3, -0.25) is 9.59 Å². The fourth-order valence-electron chi connectivity index (χ4n) is 1.99. The summed E-state index contributed by atoms with van der Waals surface area (Å²) in [5, 5.41) is 3.02. The summed E-state index contributed by atoms with van der Waals surface area (Å²) in [7, 11) is 0. The average Bonchev–Trinajstić information content (AvgIpc) is 2.36. The molecule has 0 aromatic carbocycles. The maximum absolute atomic E-state index is 11.5. The van der Waals surface area contributed by atoms with E-state index in [4.69, 9.17) is 11.6 Å². The van der Waals surface area contributed by atoms with E-state index in [0.29, 0.717) is 19.5 Å². The minimum atomic E-state index is -0.0116. The van der Waals surface area contributed by atoms with Crippen LogP contribution in [0.2, 0.25) is 0 Å². The van der Waals surface area contributed by atoms with Crippen LogP contribution in [0, 0.1) is 0 Å². The number of halogens is 1. The van der Waals surface area contributed by atoms with Gasteiger partial charge in [0.25, 0.3) is 0 Å². The van der Waals surface area contributed by atoms with Crippen molar-refractivity contribution < 1.29 is 9.59 Å². The molecule has 0 aromatic heterocycles. The van der Waals surface area contributed by atoms with E-state index in [0.717, 1.165) is 25.7 Å². The van der Waals surface area contributed by atoms with Gasteiger partial charge in [-0.05, 0) is 19.3 Å². The number of hydrogen-bond acceptors (Lipinski definition) is 2. The molecule has 0 bridgehead atoms. The third-order valence-corrected chi connectivity index (χ3v) is 3.31. The molecule has 1 aliphatic rings. The first-order valence-corrected chi connectivity index (χ1v) is 6.84. The molecular formula is C12H21ClN2O2. The van der Waals surface area contributed by atoms with Gasteiger partial charge in [0.05, 0.1) is 0 Å². The Hall–Kier alpha value is -0.770. The molecule has 1 saturated heterocycles. The highest BCUT2D eigenvalue weighted by atomic mass is 35.5. The molecule has 17 heavy (non-hydrogen) atoms. The van der Waals surface area contributed by atoms with Crippen LogP contribution >= 0.6 is 11.6 Å². The number of carbonyl (C=O) groups excluding carboxylic acids is 2. The van der Waals surface area contributed by atoms with Crippen LogP contribution in [0.15, 0.2) is 0 Å². The number of hydrogen-bond donors (Lipinski definition) is 1. The summed E-state index contributed by atoms with van der Waals surface area (Å²) in [4.78, 5) is 24.6. The Morgan fingerprint density at radius 2 is 2.00 bits per heavy atom. The van der Waals surface area contributed by atoms with Gasteiger partial charge in [-0.2, -0.15) is 0 Å². The molecule has 0 saturated carbocycles. The molecule has 1 fully saturated rings. The summed E-state index contributed by atoms with van der Waals surface area (Å²) < 4.78 is 0. The SMILES string of the molecule is CCCCC(=O)NC1CCN(C(=O)CCl)CC1. The van der Waals surface area contributed by atoms with Gasteiger partial charge in [-0.15, -0.1) is 11.6 Å². The number of nitrogens with zero attached hydrogens (tertiary/aromatic N) is 1. The molecule has 1 heterocycles. The highest BCUT2D eigenvalue weighted by molar-refractivity contribution is 6.27. The fourth-order valence-corrected chi connectivity index (χ4v) is 2.16. The minimum Gasteiger partial charge on any atom is -0.353 e. The number of piperidine rings is 1. The second-order valence-corrected chi connectivity index (χ2v) is 4.73. The largest absolute Gasteiger partial charge is 0.353 e. The Balaban J connectivity index is 2.23. The molecule has 0 aliphatic carbocycles. The fraction of sp³-hybridized carbons (Fsp3) is 0.833. The van der Waals surface area contributed by atoms with Crippen LogP contribution in [0.4, 0.5) is 0 Å². The Kier molecular flexibility index (Phi) is 6.34. The monoisotopic (exact) mass is 260 g/mol. The number of nitrogens with one attached hydrogen (secondary N) is 1. The molecule has 0 radical (unpaired) electrons. The highest BCUT2D eigenvalue weighted by Crippen LogP contribution is 2.11. The number of carbonyl (C=O) groups is 2. The van der Waals surface area contributed by atoms with E-state index in [9.17, 15) is 9.59 Å². The van der Waals surface area contributed by atoms with Crippen molar-refractivity contribution in [1.29, 1.82) is 0 Å². The van der Waals surface area contributed by atoms with Crippen LogP contribution in [0.5, 0.6) is 0 Å². The summed E-state index contributed by atoms with van der Waals surface area (Å²) in [6.07, 6.45) is 4.25. The molecule has 4 nitrogen and oxygen atoms in total. The predicted molar refractivity (Wildman–Crippen MR) is 68.0 cm³/mol. The maximum atomic E-state index is 11.5. The first kappa shape index (κ1) is 14.3. The summed E-state index contributed by atoms with van der Waals surface area (Å²) >= 11 is 5.50. The van der Waals surface area contributed by atoms with E-state index in [-0.39, 0.29) is 23.7 Å². The van der Waals surface area contributed by atoms with Gasteiger partial charge in [0.1, 0.15) is 5.88 Å². The van der Waals surface area contributed by atoms with Crippen molar-refractivity contribution in [2.45, 2.75) is 45.1 Å². The third-order valence-electron chi connectivity index (χ3n) is 3.08. The molecular weight excluding hydrogens is 240 g/mol. The van der Waals surface area contributed by atoms with Gasteiger partial charge in [0.15, 0.2) is 0 Å². The normalized spacial score (nSPS) is 16.9. The summed E-state index contributed by atoms with van der Waals surface area (Å²) in [5.74, 6) is 0.171. The van der Waals surface area contributed by atoms with Gasteiger partial charge in [-0.25, -0.2) is 0 Å². The van der Waals surface area contributed by atoms with Gasteiger partial charge in [0, 0.05) is 25.6 Å². The van der Waals surface area contributed by atoms with Crippen molar-refractivity contribution >= 4 is 23.4 Å². The minimum absolute atomic E-state index is 0.0116. The lowest BCUT2D eigenvalue weighted by Gasteiger charge is -2.32. The highest BCUT2D eigenvalue weighted by Gasteiger charge is 2.22. The average molecular weight is 261 g/mol. The summed E-state index contributed by atoms with van der Waals surface area (Å²) in [5.41, 5.74) is 0. The lowest BCUT2D eigenvalue weighted by Crippen LogP contribution is -2.46. The number of rotatable bonds is 5. The van der Waals surface area contributed by atoms with Crippen LogP contribution in [0.25, 0.3) is 0 Å². The topological polar surface area (TPSA) is 49.4 Å².